The van der Waals surface area contributed by atoms with Gasteiger partial charge in [-0.05, 0) is 42.3 Å². The van der Waals surface area contributed by atoms with Crippen molar-refractivity contribution in [2.24, 2.45) is 0 Å². The third-order valence-corrected chi connectivity index (χ3v) is 6.17. The average molecular weight is 450 g/mol. The number of carbonyl (C=O) groups is 1. The third kappa shape index (κ3) is 5.56. The van der Waals surface area contributed by atoms with Crippen LogP contribution in [-0.4, -0.2) is 25.6 Å². The summed E-state index contributed by atoms with van der Waals surface area (Å²) >= 11 is 7.48. The number of amides is 1. The fraction of sp³-hybridized carbons (Fsp3) is 0.200. The molecule has 1 aromatic carbocycles. The number of rotatable bonds is 6. The number of hydrogen-bond acceptors (Lipinski definition) is 5. The Morgan fingerprint density at radius 1 is 1.14 bits per heavy atom. The van der Waals surface area contributed by atoms with E-state index in [0.29, 0.717) is 15.6 Å². The van der Waals surface area contributed by atoms with Gasteiger partial charge >= 0.3 is 0 Å². The molecule has 0 spiro atoms. The molecule has 0 atom stereocenters. The minimum atomic E-state index is -3.46. The maximum atomic E-state index is 12.8. The van der Waals surface area contributed by atoms with Gasteiger partial charge in [0.05, 0.1) is 22.5 Å². The fourth-order valence-corrected chi connectivity index (χ4v) is 4.64. The smallest absolute Gasteiger partial charge is 0.265 e. The summed E-state index contributed by atoms with van der Waals surface area (Å²) in [5.41, 5.74) is 2.42. The molecule has 6 nitrogen and oxygen atoms in total. The number of anilines is 2. The first-order chi connectivity index (χ1) is 13.6. The Morgan fingerprint density at radius 3 is 2.48 bits per heavy atom. The van der Waals surface area contributed by atoms with Gasteiger partial charge in [-0.15, -0.1) is 11.3 Å². The summed E-state index contributed by atoms with van der Waals surface area (Å²) in [7, 11) is -3.46. The van der Waals surface area contributed by atoms with E-state index in [2.05, 4.69) is 28.9 Å². The zero-order chi connectivity index (χ0) is 21.2. The van der Waals surface area contributed by atoms with E-state index in [-0.39, 0.29) is 17.5 Å². The topological polar surface area (TPSA) is 88.2 Å². The number of pyridine rings is 1. The van der Waals surface area contributed by atoms with E-state index >= 15 is 0 Å². The molecule has 0 saturated heterocycles. The van der Waals surface area contributed by atoms with Gasteiger partial charge in [-0.2, -0.15) is 0 Å². The lowest BCUT2D eigenvalue weighted by Crippen LogP contribution is -2.12. The second-order valence-corrected chi connectivity index (χ2v) is 10.1. The Morgan fingerprint density at radius 2 is 1.86 bits per heavy atom. The maximum absolute atomic E-state index is 12.8. The van der Waals surface area contributed by atoms with Crippen LogP contribution in [0.5, 0.6) is 0 Å². The summed E-state index contributed by atoms with van der Waals surface area (Å²) in [6.45, 7) is 4.14. The van der Waals surface area contributed by atoms with Crippen molar-refractivity contribution in [2.75, 3.05) is 16.3 Å². The summed E-state index contributed by atoms with van der Waals surface area (Å²) in [6, 6.07) is 12.0. The Hall–Kier alpha value is -2.42. The normalized spacial score (nSPS) is 11.5. The van der Waals surface area contributed by atoms with Gasteiger partial charge in [0.1, 0.15) is 0 Å². The highest BCUT2D eigenvalue weighted by molar-refractivity contribution is 7.92. The number of sulfonamides is 1. The SMILES string of the molecule is CC(C)c1sc(C(=O)Nc2cc(Cl)cc(NS(C)(=O)=O)c2)cc1-c1ccccn1. The highest BCUT2D eigenvalue weighted by Crippen LogP contribution is 2.36. The summed E-state index contributed by atoms with van der Waals surface area (Å²) in [4.78, 5) is 18.8. The number of nitrogens with one attached hydrogen (secondary N) is 2. The average Bonchev–Trinajstić information content (AvgIpc) is 3.06. The number of halogens is 1. The van der Waals surface area contributed by atoms with E-state index in [1.807, 2.05) is 24.3 Å². The molecule has 152 valence electrons. The molecule has 9 heteroatoms. The van der Waals surface area contributed by atoms with Crippen LogP contribution in [0.1, 0.15) is 34.3 Å². The van der Waals surface area contributed by atoms with E-state index in [0.717, 1.165) is 22.4 Å². The molecule has 0 fully saturated rings. The monoisotopic (exact) mass is 449 g/mol. The Bertz CT molecular complexity index is 1140. The van der Waals surface area contributed by atoms with Gasteiger partial charge in [-0.25, -0.2) is 8.42 Å². The third-order valence-electron chi connectivity index (χ3n) is 3.91. The second kappa shape index (κ2) is 8.52. The number of aromatic nitrogens is 1. The van der Waals surface area contributed by atoms with Crippen molar-refractivity contribution in [2.45, 2.75) is 19.8 Å². The van der Waals surface area contributed by atoms with Gasteiger partial charge in [0.25, 0.3) is 5.91 Å². The lowest BCUT2D eigenvalue weighted by molar-refractivity contribution is 0.103. The van der Waals surface area contributed by atoms with Crippen LogP contribution >= 0.6 is 22.9 Å². The van der Waals surface area contributed by atoms with Crippen LogP contribution in [0, 0.1) is 0 Å². The first-order valence-corrected chi connectivity index (χ1v) is 11.9. The van der Waals surface area contributed by atoms with Crippen molar-refractivity contribution in [1.29, 1.82) is 0 Å². The summed E-state index contributed by atoms with van der Waals surface area (Å²) in [5.74, 6) is -0.0676. The second-order valence-electron chi connectivity index (χ2n) is 6.82. The van der Waals surface area contributed by atoms with Gasteiger partial charge < -0.3 is 5.32 Å². The van der Waals surface area contributed by atoms with Crippen LogP contribution in [-0.2, 0) is 10.0 Å². The van der Waals surface area contributed by atoms with Crippen LogP contribution in [0.25, 0.3) is 11.3 Å². The lowest BCUT2D eigenvalue weighted by atomic mass is 10.0. The molecule has 3 aromatic rings. The first kappa shape index (κ1) is 21.3. The van der Waals surface area contributed by atoms with Crippen LogP contribution in [0.3, 0.4) is 0 Å². The molecule has 1 amide bonds. The molecule has 3 rings (SSSR count). The quantitative estimate of drug-likeness (QED) is 0.540. The minimum absolute atomic E-state index is 0.232. The number of hydrogen-bond donors (Lipinski definition) is 2. The summed E-state index contributed by atoms with van der Waals surface area (Å²) < 4.78 is 25.3. The zero-order valence-corrected chi connectivity index (χ0v) is 18.5. The lowest BCUT2D eigenvalue weighted by Gasteiger charge is -2.09. The molecule has 0 aliphatic carbocycles. The van der Waals surface area contributed by atoms with Crippen LogP contribution in [0.15, 0.2) is 48.7 Å². The predicted molar refractivity (Wildman–Crippen MR) is 120 cm³/mol. The highest BCUT2D eigenvalue weighted by atomic mass is 35.5. The Balaban J connectivity index is 1.90. The molecule has 2 aromatic heterocycles. The molecule has 2 heterocycles. The molecule has 0 bridgehead atoms. The first-order valence-electron chi connectivity index (χ1n) is 8.77. The van der Waals surface area contributed by atoms with Crippen molar-refractivity contribution in [3.63, 3.8) is 0 Å². The van der Waals surface area contributed by atoms with Gasteiger partial charge in [0.2, 0.25) is 10.0 Å². The molecule has 0 radical (unpaired) electrons. The van der Waals surface area contributed by atoms with Crippen LogP contribution in [0.4, 0.5) is 11.4 Å². The molecule has 29 heavy (non-hydrogen) atoms. The van der Waals surface area contributed by atoms with Crippen molar-refractivity contribution >= 4 is 50.2 Å². The number of nitrogens with zero attached hydrogens (tertiary/aromatic N) is 1. The summed E-state index contributed by atoms with van der Waals surface area (Å²) in [6.07, 6.45) is 2.77. The largest absolute Gasteiger partial charge is 0.321 e. The van der Waals surface area contributed by atoms with Crippen molar-refractivity contribution < 1.29 is 13.2 Å². The molecule has 0 aliphatic rings. The van der Waals surface area contributed by atoms with Crippen molar-refractivity contribution in [3.05, 3.63) is 63.4 Å². The summed E-state index contributed by atoms with van der Waals surface area (Å²) in [5, 5.41) is 3.09. The molecule has 2 N–H and O–H groups in total. The molecule has 0 aliphatic heterocycles. The standard InChI is InChI=1S/C20H20ClN3O3S2/c1-12(2)19-16(17-6-4-5-7-22-17)11-18(28-19)20(25)23-14-8-13(21)9-15(10-14)24-29(3,26)27/h4-12,24H,1-3H3,(H,23,25). The van der Waals surface area contributed by atoms with E-state index in [1.54, 1.807) is 12.3 Å². The molecular weight excluding hydrogens is 430 g/mol. The minimum Gasteiger partial charge on any atom is -0.321 e. The highest BCUT2D eigenvalue weighted by Gasteiger charge is 2.19. The fourth-order valence-electron chi connectivity index (χ4n) is 2.80. The zero-order valence-electron chi connectivity index (χ0n) is 16.1. The molecular formula is C20H20ClN3O3S2. The van der Waals surface area contributed by atoms with E-state index in [9.17, 15) is 13.2 Å². The van der Waals surface area contributed by atoms with Gasteiger partial charge in [0, 0.05) is 27.3 Å². The maximum Gasteiger partial charge on any atom is 0.265 e. The van der Waals surface area contributed by atoms with Gasteiger partial charge in [-0.1, -0.05) is 31.5 Å². The predicted octanol–water partition coefficient (Wildman–Crippen LogP) is 5.21. The van der Waals surface area contributed by atoms with E-state index in [4.69, 9.17) is 11.6 Å². The van der Waals surface area contributed by atoms with Crippen LogP contribution in [0.2, 0.25) is 5.02 Å². The van der Waals surface area contributed by atoms with Crippen molar-refractivity contribution in [1.82, 2.24) is 4.98 Å². The van der Waals surface area contributed by atoms with E-state index < -0.39 is 10.0 Å². The Labute approximate surface area is 179 Å². The van der Waals surface area contributed by atoms with Crippen molar-refractivity contribution in [3.8, 4) is 11.3 Å². The number of carbonyl (C=O) groups excluding carboxylic acids is 1. The Kier molecular flexibility index (Phi) is 6.26. The molecule has 0 unspecified atom stereocenters. The molecule has 0 saturated carbocycles. The number of thiophene rings is 1. The van der Waals surface area contributed by atoms with Gasteiger partial charge in [-0.3, -0.25) is 14.5 Å². The number of benzene rings is 1. The van der Waals surface area contributed by atoms with E-state index in [1.165, 1.54) is 23.5 Å². The van der Waals surface area contributed by atoms with Gasteiger partial charge in [0.15, 0.2) is 0 Å². The van der Waals surface area contributed by atoms with Crippen LogP contribution < -0.4 is 10.0 Å².